The minimum Gasteiger partial charge on any atom is -0.480 e. The summed E-state index contributed by atoms with van der Waals surface area (Å²) in [6.07, 6.45) is 2.09. The lowest BCUT2D eigenvalue weighted by atomic mass is 10.1. The molecule has 4 nitrogen and oxygen atoms in total. The van der Waals surface area contributed by atoms with Gasteiger partial charge in [-0.25, -0.2) is 0 Å². The van der Waals surface area contributed by atoms with E-state index in [1.165, 1.54) is 0 Å². The average Bonchev–Trinajstić information content (AvgIpc) is 2.03. The largest absolute Gasteiger partial charge is 0.480 e. The number of carboxylic acids is 1. The van der Waals surface area contributed by atoms with Gasteiger partial charge in [0.1, 0.15) is 6.04 Å². The van der Waals surface area contributed by atoms with Gasteiger partial charge < -0.3 is 15.5 Å². The van der Waals surface area contributed by atoms with Gasteiger partial charge in [0.2, 0.25) is 0 Å². The van der Waals surface area contributed by atoms with E-state index in [9.17, 15) is 4.79 Å². The SMILES string of the molecule is CCC[C@H](NCCCO)C(=O)O. The fourth-order valence-corrected chi connectivity index (χ4v) is 0.957. The number of hydrogen-bond donors (Lipinski definition) is 3. The van der Waals surface area contributed by atoms with Gasteiger partial charge in [-0.2, -0.15) is 0 Å². The number of aliphatic hydroxyl groups excluding tert-OH is 1. The molecule has 0 heterocycles. The zero-order valence-corrected chi connectivity index (χ0v) is 7.42. The standard InChI is InChI=1S/C8H17NO3/c1-2-4-7(8(11)12)9-5-3-6-10/h7,9-10H,2-6H2,1H3,(H,11,12)/t7-/m0/s1. The van der Waals surface area contributed by atoms with Gasteiger partial charge in [-0.15, -0.1) is 0 Å². The van der Waals surface area contributed by atoms with Crippen LogP contribution in [-0.2, 0) is 4.79 Å². The summed E-state index contributed by atoms with van der Waals surface area (Å²) in [5, 5.41) is 20.0. The van der Waals surface area contributed by atoms with E-state index < -0.39 is 12.0 Å². The molecule has 0 aromatic carbocycles. The minimum absolute atomic E-state index is 0.103. The fourth-order valence-electron chi connectivity index (χ4n) is 0.957. The first kappa shape index (κ1) is 11.4. The Kier molecular flexibility index (Phi) is 6.70. The van der Waals surface area contributed by atoms with Crippen LogP contribution < -0.4 is 5.32 Å². The molecule has 0 amide bonds. The van der Waals surface area contributed by atoms with Crippen LogP contribution in [0.25, 0.3) is 0 Å². The van der Waals surface area contributed by atoms with E-state index in [4.69, 9.17) is 10.2 Å². The Morgan fingerprint density at radius 3 is 2.67 bits per heavy atom. The highest BCUT2D eigenvalue weighted by atomic mass is 16.4. The van der Waals surface area contributed by atoms with E-state index in [1.54, 1.807) is 0 Å². The third kappa shape index (κ3) is 5.09. The molecule has 0 unspecified atom stereocenters. The summed E-state index contributed by atoms with van der Waals surface area (Å²) < 4.78 is 0. The van der Waals surface area contributed by atoms with Crippen molar-refractivity contribution in [3.05, 3.63) is 0 Å². The Labute approximate surface area is 72.6 Å². The van der Waals surface area contributed by atoms with Gasteiger partial charge in [0.25, 0.3) is 0 Å². The highest BCUT2D eigenvalue weighted by Gasteiger charge is 2.13. The molecule has 0 bridgehead atoms. The maximum Gasteiger partial charge on any atom is 0.320 e. The van der Waals surface area contributed by atoms with Crippen LogP contribution in [0.1, 0.15) is 26.2 Å². The third-order valence-corrected chi connectivity index (χ3v) is 1.60. The van der Waals surface area contributed by atoms with Crippen molar-refractivity contribution in [2.24, 2.45) is 0 Å². The summed E-state index contributed by atoms with van der Waals surface area (Å²) in [7, 11) is 0. The monoisotopic (exact) mass is 175 g/mol. The molecule has 0 aliphatic carbocycles. The fraction of sp³-hybridized carbons (Fsp3) is 0.875. The van der Waals surface area contributed by atoms with E-state index in [0.717, 1.165) is 6.42 Å². The quantitative estimate of drug-likeness (QED) is 0.484. The molecule has 0 aliphatic heterocycles. The lowest BCUT2D eigenvalue weighted by Crippen LogP contribution is -2.37. The van der Waals surface area contributed by atoms with Crippen LogP contribution in [0, 0.1) is 0 Å². The van der Waals surface area contributed by atoms with Crippen molar-refractivity contribution in [1.82, 2.24) is 5.32 Å². The van der Waals surface area contributed by atoms with Gasteiger partial charge in [0.15, 0.2) is 0 Å². The molecule has 1 atom stereocenters. The summed E-state index contributed by atoms with van der Waals surface area (Å²) in [6, 6.07) is -0.457. The molecule has 0 aromatic rings. The molecular weight excluding hydrogens is 158 g/mol. The topological polar surface area (TPSA) is 69.6 Å². The molecule has 4 heteroatoms. The van der Waals surface area contributed by atoms with Crippen molar-refractivity contribution >= 4 is 5.97 Å². The van der Waals surface area contributed by atoms with Gasteiger partial charge in [-0.05, 0) is 19.4 Å². The molecule has 3 N–H and O–H groups in total. The number of carboxylic acid groups (broad SMARTS) is 1. The minimum atomic E-state index is -0.810. The Balaban J connectivity index is 3.56. The third-order valence-electron chi connectivity index (χ3n) is 1.60. The van der Waals surface area contributed by atoms with Crippen LogP contribution in [-0.4, -0.2) is 35.4 Å². The molecule has 0 fully saturated rings. The van der Waals surface area contributed by atoms with Crippen LogP contribution in [0.5, 0.6) is 0 Å². The van der Waals surface area contributed by atoms with Crippen LogP contribution in [0.4, 0.5) is 0 Å². The normalized spacial score (nSPS) is 12.8. The predicted molar refractivity (Wildman–Crippen MR) is 46.0 cm³/mol. The molecule has 72 valence electrons. The van der Waals surface area contributed by atoms with Crippen molar-refractivity contribution in [3.63, 3.8) is 0 Å². The molecule has 0 aromatic heterocycles. The molecule has 0 aliphatic rings. The highest BCUT2D eigenvalue weighted by Crippen LogP contribution is 1.96. The van der Waals surface area contributed by atoms with Gasteiger partial charge >= 0.3 is 5.97 Å². The molecule has 12 heavy (non-hydrogen) atoms. The summed E-state index contributed by atoms with van der Waals surface area (Å²) in [5.41, 5.74) is 0. The molecule has 0 spiro atoms. The molecule has 0 radical (unpaired) electrons. The number of hydrogen-bond acceptors (Lipinski definition) is 3. The Morgan fingerprint density at radius 2 is 2.25 bits per heavy atom. The summed E-state index contributed by atoms with van der Waals surface area (Å²) in [6.45, 7) is 2.61. The van der Waals surface area contributed by atoms with E-state index >= 15 is 0 Å². The van der Waals surface area contributed by atoms with Crippen LogP contribution in [0.2, 0.25) is 0 Å². The smallest absolute Gasteiger partial charge is 0.320 e. The van der Waals surface area contributed by atoms with E-state index in [2.05, 4.69) is 5.32 Å². The van der Waals surface area contributed by atoms with Gasteiger partial charge in [0.05, 0.1) is 0 Å². The second-order valence-electron chi connectivity index (χ2n) is 2.71. The van der Waals surface area contributed by atoms with Crippen LogP contribution >= 0.6 is 0 Å². The first-order chi connectivity index (χ1) is 5.72. The van der Waals surface area contributed by atoms with Crippen molar-refractivity contribution < 1.29 is 15.0 Å². The van der Waals surface area contributed by atoms with E-state index in [-0.39, 0.29) is 6.61 Å². The second kappa shape index (κ2) is 7.06. The summed E-state index contributed by atoms with van der Waals surface area (Å²) >= 11 is 0. The molecular formula is C8H17NO3. The second-order valence-corrected chi connectivity index (χ2v) is 2.71. The Hall–Kier alpha value is -0.610. The predicted octanol–water partition coefficient (Wildman–Crippen LogP) is 0.212. The molecule has 0 rings (SSSR count). The van der Waals surface area contributed by atoms with Crippen molar-refractivity contribution in [2.45, 2.75) is 32.2 Å². The van der Waals surface area contributed by atoms with Crippen LogP contribution in [0.3, 0.4) is 0 Å². The first-order valence-corrected chi connectivity index (χ1v) is 4.29. The van der Waals surface area contributed by atoms with Crippen molar-refractivity contribution in [1.29, 1.82) is 0 Å². The lowest BCUT2D eigenvalue weighted by Gasteiger charge is -2.12. The first-order valence-electron chi connectivity index (χ1n) is 4.29. The van der Waals surface area contributed by atoms with Crippen LogP contribution in [0.15, 0.2) is 0 Å². The number of aliphatic carboxylic acids is 1. The molecule has 0 saturated carbocycles. The van der Waals surface area contributed by atoms with Gasteiger partial charge in [0, 0.05) is 6.61 Å². The van der Waals surface area contributed by atoms with Crippen molar-refractivity contribution in [3.8, 4) is 0 Å². The average molecular weight is 175 g/mol. The number of carbonyl (C=O) groups is 1. The Bertz CT molecular complexity index is 127. The number of rotatable bonds is 7. The Morgan fingerprint density at radius 1 is 1.58 bits per heavy atom. The highest BCUT2D eigenvalue weighted by molar-refractivity contribution is 5.73. The maximum absolute atomic E-state index is 10.6. The van der Waals surface area contributed by atoms with Gasteiger partial charge in [-0.1, -0.05) is 13.3 Å². The zero-order valence-electron chi connectivity index (χ0n) is 7.42. The summed E-state index contributed by atoms with van der Waals surface area (Å²) in [4.78, 5) is 10.6. The van der Waals surface area contributed by atoms with Crippen molar-refractivity contribution in [2.75, 3.05) is 13.2 Å². The lowest BCUT2D eigenvalue weighted by molar-refractivity contribution is -0.139. The van der Waals surface area contributed by atoms with Gasteiger partial charge in [-0.3, -0.25) is 4.79 Å². The zero-order chi connectivity index (χ0) is 9.40. The molecule has 0 saturated heterocycles. The van der Waals surface area contributed by atoms with E-state index in [1.807, 2.05) is 6.92 Å². The number of nitrogens with one attached hydrogen (secondary N) is 1. The summed E-state index contributed by atoms with van der Waals surface area (Å²) in [5.74, 6) is -0.810. The maximum atomic E-state index is 10.6. The number of aliphatic hydroxyl groups is 1. The van der Waals surface area contributed by atoms with E-state index in [0.29, 0.717) is 19.4 Å².